The van der Waals surface area contributed by atoms with Crippen LogP contribution in [-0.4, -0.2) is 23.7 Å². The van der Waals surface area contributed by atoms with Crippen LogP contribution in [0.15, 0.2) is 0 Å². The second-order valence-corrected chi connectivity index (χ2v) is 5.63. The molecule has 2 N–H and O–H groups in total. The number of hydrogen-bond donors (Lipinski definition) is 2. The minimum atomic E-state index is -0.347. The summed E-state index contributed by atoms with van der Waals surface area (Å²) in [7, 11) is 0. The lowest BCUT2D eigenvalue weighted by molar-refractivity contribution is -0.126. The van der Waals surface area contributed by atoms with Gasteiger partial charge in [0, 0.05) is 12.5 Å². The zero-order chi connectivity index (χ0) is 13.4. The predicted molar refractivity (Wildman–Crippen MR) is 74.3 cm³/mol. The molecule has 0 aromatic heterocycles. The Morgan fingerprint density at radius 3 is 2.28 bits per heavy atom. The summed E-state index contributed by atoms with van der Waals surface area (Å²) < 4.78 is 0. The van der Waals surface area contributed by atoms with Crippen molar-refractivity contribution in [2.45, 2.75) is 71.3 Å². The summed E-state index contributed by atoms with van der Waals surface area (Å²) in [5.74, 6) is 0.674. The van der Waals surface area contributed by atoms with Crippen molar-refractivity contribution in [3.63, 3.8) is 0 Å². The highest BCUT2D eigenvalue weighted by molar-refractivity contribution is 5.78. The topological polar surface area (TPSA) is 49.3 Å². The lowest BCUT2D eigenvalue weighted by atomic mass is 9.96. The second kappa shape index (κ2) is 8.52. The lowest BCUT2D eigenvalue weighted by Gasteiger charge is -2.20. The van der Waals surface area contributed by atoms with Gasteiger partial charge in [0.15, 0.2) is 0 Å². The average Bonchev–Trinajstić information content (AvgIpc) is 2.89. The molecule has 1 unspecified atom stereocenters. The zero-order valence-electron chi connectivity index (χ0n) is 12.0. The number of aliphatic hydroxyl groups excluding tert-OH is 1. The van der Waals surface area contributed by atoms with Crippen molar-refractivity contribution in [1.29, 1.82) is 0 Å². The molecule has 0 radical (unpaired) electrons. The number of aliphatic hydroxyl groups is 1. The molecule has 18 heavy (non-hydrogen) atoms. The van der Waals surface area contributed by atoms with Crippen LogP contribution in [0.2, 0.25) is 0 Å². The minimum Gasteiger partial charge on any atom is -0.391 e. The van der Waals surface area contributed by atoms with Gasteiger partial charge in [-0.15, -0.1) is 0 Å². The van der Waals surface area contributed by atoms with Gasteiger partial charge in [-0.05, 0) is 31.6 Å². The fraction of sp³-hybridized carbons (Fsp3) is 0.933. The Hall–Kier alpha value is -0.570. The summed E-state index contributed by atoms with van der Waals surface area (Å²) in [4.78, 5) is 12.0. The smallest absolute Gasteiger partial charge is 0.223 e. The normalized spacial score (nSPS) is 18.2. The zero-order valence-corrected chi connectivity index (χ0v) is 12.0. The Bertz CT molecular complexity index is 231. The van der Waals surface area contributed by atoms with Crippen LogP contribution in [-0.2, 0) is 4.79 Å². The summed E-state index contributed by atoms with van der Waals surface area (Å²) in [6.07, 6.45) is 8.34. The lowest BCUT2D eigenvalue weighted by Crippen LogP contribution is -2.38. The third-order valence-electron chi connectivity index (χ3n) is 4.07. The quantitative estimate of drug-likeness (QED) is 0.700. The van der Waals surface area contributed by atoms with E-state index in [-0.39, 0.29) is 17.9 Å². The van der Waals surface area contributed by atoms with Gasteiger partial charge in [-0.3, -0.25) is 4.79 Å². The fourth-order valence-electron chi connectivity index (χ4n) is 2.96. The van der Waals surface area contributed by atoms with E-state index in [1.807, 2.05) is 0 Å². The average molecular weight is 255 g/mol. The molecule has 1 rings (SSSR count). The standard InChI is InChI=1S/C15H29NO2/c1-3-7-13(8-4-2)15(18)16-11-14(17)12-9-5-6-10-12/h12-14,17H,3-11H2,1-2H3,(H,16,18). The van der Waals surface area contributed by atoms with Crippen LogP contribution in [0.5, 0.6) is 0 Å². The number of amides is 1. The summed E-state index contributed by atoms with van der Waals surface area (Å²) >= 11 is 0. The Labute approximate surface area is 111 Å². The molecule has 0 aromatic rings. The molecule has 1 aliphatic carbocycles. The van der Waals surface area contributed by atoms with Gasteiger partial charge in [0.25, 0.3) is 0 Å². The number of carbonyl (C=O) groups is 1. The van der Waals surface area contributed by atoms with Gasteiger partial charge in [0.2, 0.25) is 5.91 Å². The largest absolute Gasteiger partial charge is 0.391 e. The molecule has 1 atom stereocenters. The minimum absolute atomic E-state index is 0.135. The molecule has 1 aliphatic rings. The molecule has 0 spiro atoms. The van der Waals surface area contributed by atoms with Crippen molar-refractivity contribution in [2.24, 2.45) is 11.8 Å². The first-order valence-electron chi connectivity index (χ1n) is 7.64. The Morgan fingerprint density at radius 1 is 1.22 bits per heavy atom. The van der Waals surface area contributed by atoms with Crippen LogP contribution in [0.3, 0.4) is 0 Å². The fourth-order valence-corrected chi connectivity index (χ4v) is 2.96. The predicted octanol–water partition coefficient (Wildman–Crippen LogP) is 2.87. The molecule has 0 bridgehead atoms. The van der Waals surface area contributed by atoms with Gasteiger partial charge in [-0.25, -0.2) is 0 Å². The van der Waals surface area contributed by atoms with Crippen molar-refractivity contribution in [1.82, 2.24) is 5.32 Å². The van der Waals surface area contributed by atoms with Crippen LogP contribution >= 0.6 is 0 Å². The van der Waals surface area contributed by atoms with Gasteiger partial charge in [-0.1, -0.05) is 39.5 Å². The van der Waals surface area contributed by atoms with E-state index in [1.54, 1.807) is 0 Å². The van der Waals surface area contributed by atoms with E-state index >= 15 is 0 Å². The summed E-state index contributed by atoms with van der Waals surface area (Å²) in [6, 6.07) is 0. The highest BCUT2D eigenvalue weighted by atomic mass is 16.3. The van der Waals surface area contributed by atoms with E-state index < -0.39 is 0 Å². The van der Waals surface area contributed by atoms with Crippen molar-refractivity contribution in [2.75, 3.05) is 6.54 Å². The van der Waals surface area contributed by atoms with Gasteiger partial charge in [-0.2, -0.15) is 0 Å². The molecule has 0 saturated heterocycles. The second-order valence-electron chi connectivity index (χ2n) is 5.63. The van der Waals surface area contributed by atoms with Crippen LogP contribution in [0, 0.1) is 11.8 Å². The van der Waals surface area contributed by atoms with Crippen molar-refractivity contribution in [3.05, 3.63) is 0 Å². The first-order chi connectivity index (χ1) is 8.69. The first-order valence-corrected chi connectivity index (χ1v) is 7.64. The van der Waals surface area contributed by atoms with E-state index in [0.29, 0.717) is 12.5 Å². The van der Waals surface area contributed by atoms with E-state index in [4.69, 9.17) is 0 Å². The highest BCUT2D eigenvalue weighted by Crippen LogP contribution is 2.27. The maximum Gasteiger partial charge on any atom is 0.223 e. The van der Waals surface area contributed by atoms with Gasteiger partial charge < -0.3 is 10.4 Å². The molecule has 106 valence electrons. The van der Waals surface area contributed by atoms with Crippen LogP contribution in [0.4, 0.5) is 0 Å². The third kappa shape index (κ3) is 4.97. The molecule has 0 heterocycles. The van der Waals surface area contributed by atoms with Crippen LogP contribution < -0.4 is 5.32 Å². The monoisotopic (exact) mass is 255 g/mol. The Morgan fingerprint density at radius 2 is 1.78 bits per heavy atom. The molecule has 1 amide bonds. The first kappa shape index (κ1) is 15.5. The Kier molecular flexibility index (Phi) is 7.33. The van der Waals surface area contributed by atoms with Crippen molar-refractivity contribution < 1.29 is 9.90 Å². The molecule has 0 aliphatic heterocycles. The van der Waals surface area contributed by atoms with Crippen molar-refractivity contribution >= 4 is 5.91 Å². The van der Waals surface area contributed by atoms with E-state index in [9.17, 15) is 9.90 Å². The molecule has 1 saturated carbocycles. The maximum atomic E-state index is 12.0. The van der Waals surface area contributed by atoms with E-state index in [2.05, 4.69) is 19.2 Å². The molecule has 1 fully saturated rings. The third-order valence-corrected chi connectivity index (χ3v) is 4.07. The molecular formula is C15H29NO2. The summed E-state index contributed by atoms with van der Waals surface area (Å²) in [6.45, 7) is 4.67. The van der Waals surface area contributed by atoms with Gasteiger partial charge in [0.1, 0.15) is 0 Å². The van der Waals surface area contributed by atoms with E-state index in [1.165, 1.54) is 12.8 Å². The van der Waals surface area contributed by atoms with E-state index in [0.717, 1.165) is 38.5 Å². The van der Waals surface area contributed by atoms with Gasteiger partial charge >= 0.3 is 0 Å². The number of carbonyl (C=O) groups excluding carboxylic acids is 1. The van der Waals surface area contributed by atoms with Crippen LogP contribution in [0.1, 0.15) is 65.2 Å². The maximum absolute atomic E-state index is 12.0. The van der Waals surface area contributed by atoms with Gasteiger partial charge in [0.05, 0.1) is 6.10 Å². The molecule has 3 heteroatoms. The Balaban J connectivity index is 2.28. The van der Waals surface area contributed by atoms with Crippen LogP contribution in [0.25, 0.3) is 0 Å². The number of hydrogen-bond acceptors (Lipinski definition) is 2. The number of nitrogens with one attached hydrogen (secondary N) is 1. The summed E-state index contributed by atoms with van der Waals surface area (Å²) in [5.41, 5.74) is 0. The number of rotatable bonds is 8. The molecule has 3 nitrogen and oxygen atoms in total. The highest BCUT2D eigenvalue weighted by Gasteiger charge is 2.24. The molecule has 0 aromatic carbocycles. The van der Waals surface area contributed by atoms with Crippen molar-refractivity contribution in [3.8, 4) is 0 Å². The molecular weight excluding hydrogens is 226 g/mol. The summed E-state index contributed by atoms with van der Waals surface area (Å²) in [5, 5.41) is 13.0. The SMILES string of the molecule is CCCC(CCC)C(=O)NCC(O)C1CCCC1.